The molecule has 0 radical (unpaired) electrons. The number of hydrogen-bond acceptors (Lipinski definition) is 7. The minimum absolute atomic E-state index is 0.0772. The number of ether oxygens (including phenoxy) is 1. The van der Waals surface area contributed by atoms with Crippen LogP contribution in [0, 0.1) is 0 Å². The molecule has 5 N–H and O–H groups in total. The van der Waals surface area contributed by atoms with Gasteiger partial charge in [-0.2, -0.15) is 0 Å². The Kier molecular flexibility index (Phi) is 4.54. The summed E-state index contributed by atoms with van der Waals surface area (Å²) in [4.78, 5) is 15.6. The Hall–Kier alpha value is -2.37. The first-order valence-electron chi connectivity index (χ1n) is 7.51. The van der Waals surface area contributed by atoms with Gasteiger partial charge in [0, 0.05) is 35.4 Å². The van der Waals surface area contributed by atoms with Gasteiger partial charge in [0.15, 0.2) is 12.4 Å². The summed E-state index contributed by atoms with van der Waals surface area (Å²) in [5.41, 5.74) is 7.66. The van der Waals surface area contributed by atoms with Gasteiger partial charge in [-0.15, -0.1) is 0 Å². The molecule has 5 atom stereocenters. The third-order valence-corrected chi connectivity index (χ3v) is 4.25. The Bertz CT molecular complexity index is 680. The normalized spacial score (nSPS) is 36.8. The van der Waals surface area contributed by atoms with Crippen molar-refractivity contribution < 1.29 is 29.2 Å². The molecule has 12 heteroatoms. The predicted octanol–water partition coefficient (Wildman–Crippen LogP) is -0.855. The van der Waals surface area contributed by atoms with E-state index in [1.54, 1.807) is 6.08 Å². The Morgan fingerprint density at radius 1 is 1.48 bits per heavy atom. The smallest absolute Gasteiger partial charge is 0.325 e. The van der Waals surface area contributed by atoms with E-state index < -0.39 is 43.0 Å². The van der Waals surface area contributed by atoms with Crippen molar-refractivity contribution in [1.82, 2.24) is 15.5 Å². The molecule has 3 heterocycles. The van der Waals surface area contributed by atoms with E-state index in [0.29, 0.717) is 17.7 Å². The lowest BCUT2D eigenvalue weighted by atomic mass is 10.1. The second-order valence-corrected chi connectivity index (χ2v) is 5.80. The Balaban J connectivity index is 1.88. The molecule has 0 bridgehead atoms. The summed E-state index contributed by atoms with van der Waals surface area (Å²) in [5.74, 6) is 0. The van der Waals surface area contributed by atoms with E-state index in [-0.39, 0.29) is 6.61 Å². The fraction of sp³-hybridized carbons (Fsp3) is 0.615. The first kappa shape index (κ1) is 17.5. The van der Waals surface area contributed by atoms with E-state index >= 15 is 0 Å². The molecule has 2 amide bonds. The van der Waals surface area contributed by atoms with Gasteiger partial charge in [-0.3, -0.25) is 4.90 Å². The van der Waals surface area contributed by atoms with Gasteiger partial charge in [0.25, 0.3) is 0 Å². The van der Waals surface area contributed by atoms with E-state index in [2.05, 4.69) is 20.7 Å². The van der Waals surface area contributed by atoms with Crippen LogP contribution >= 0.6 is 0 Å². The number of fused-ring (bicyclic) bond motifs is 1. The number of carbonyl (C=O) groups excluding carboxylic acids is 1. The highest BCUT2D eigenvalue weighted by molar-refractivity contribution is 5.78. The van der Waals surface area contributed by atoms with Crippen LogP contribution in [0.25, 0.3) is 10.4 Å². The topological polar surface area (TPSA) is 163 Å². The Morgan fingerprint density at radius 3 is 2.88 bits per heavy atom. The molecule has 0 spiro atoms. The number of halogens is 1. The van der Waals surface area contributed by atoms with Crippen LogP contribution in [-0.4, -0.2) is 69.9 Å². The number of alkyl halides is 1. The van der Waals surface area contributed by atoms with Gasteiger partial charge >= 0.3 is 6.03 Å². The number of azide groups is 1. The maximum atomic E-state index is 14.5. The number of amides is 2. The minimum Gasteiger partial charge on any atom is -0.396 e. The van der Waals surface area contributed by atoms with Gasteiger partial charge in [-0.1, -0.05) is 5.11 Å². The van der Waals surface area contributed by atoms with E-state index in [4.69, 9.17) is 15.4 Å². The highest BCUT2D eigenvalue weighted by Gasteiger charge is 2.58. The average Bonchev–Trinajstić information content (AvgIpc) is 3.08. The van der Waals surface area contributed by atoms with Crippen molar-refractivity contribution >= 4 is 6.03 Å². The van der Waals surface area contributed by atoms with Gasteiger partial charge < -0.3 is 30.7 Å². The van der Waals surface area contributed by atoms with E-state index in [1.165, 1.54) is 6.20 Å². The maximum absolute atomic E-state index is 14.5. The lowest BCUT2D eigenvalue weighted by Gasteiger charge is -2.33. The molecular formula is C13H17FN6O5. The molecule has 3 aliphatic heterocycles. The van der Waals surface area contributed by atoms with Gasteiger partial charge in [0.1, 0.15) is 12.3 Å². The van der Waals surface area contributed by atoms with Crippen LogP contribution in [0.2, 0.25) is 0 Å². The van der Waals surface area contributed by atoms with Crippen molar-refractivity contribution in [3.63, 3.8) is 0 Å². The molecule has 11 nitrogen and oxygen atoms in total. The summed E-state index contributed by atoms with van der Waals surface area (Å²) in [6.45, 7) is -1.03. The van der Waals surface area contributed by atoms with Gasteiger partial charge in [0.2, 0.25) is 5.72 Å². The van der Waals surface area contributed by atoms with Crippen molar-refractivity contribution in [2.45, 2.75) is 36.8 Å². The van der Waals surface area contributed by atoms with Crippen molar-refractivity contribution in [3.05, 3.63) is 34.0 Å². The zero-order valence-electron chi connectivity index (χ0n) is 12.9. The Morgan fingerprint density at radius 2 is 2.24 bits per heavy atom. The van der Waals surface area contributed by atoms with Crippen molar-refractivity contribution in [1.29, 1.82) is 0 Å². The molecule has 136 valence electrons. The summed E-state index contributed by atoms with van der Waals surface area (Å²) < 4.78 is 19.7. The molecule has 0 aromatic carbocycles. The monoisotopic (exact) mass is 356 g/mol. The second-order valence-electron chi connectivity index (χ2n) is 5.80. The molecule has 1 unspecified atom stereocenters. The molecule has 0 saturated carbocycles. The molecule has 0 aliphatic carbocycles. The van der Waals surface area contributed by atoms with Crippen LogP contribution in [-0.2, 0) is 4.74 Å². The van der Waals surface area contributed by atoms with Crippen molar-refractivity contribution in [2.24, 2.45) is 5.11 Å². The first-order chi connectivity index (χ1) is 12.0. The van der Waals surface area contributed by atoms with Crippen LogP contribution in [0.3, 0.4) is 0 Å². The summed E-state index contributed by atoms with van der Waals surface area (Å²) in [7, 11) is 0. The highest BCUT2D eigenvalue weighted by atomic mass is 19.1. The molecular weight excluding hydrogens is 339 g/mol. The Labute approximate surface area is 141 Å². The van der Waals surface area contributed by atoms with Crippen molar-refractivity contribution in [3.8, 4) is 0 Å². The fourth-order valence-corrected chi connectivity index (χ4v) is 2.98. The van der Waals surface area contributed by atoms with E-state index in [1.807, 2.05) is 0 Å². The molecule has 1 saturated heterocycles. The predicted molar refractivity (Wildman–Crippen MR) is 79.9 cm³/mol. The van der Waals surface area contributed by atoms with Gasteiger partial charge in [-0.25, -0.2) is 9.18 Å². The average molecular weight is 356 g/mol. The molecule has 3 aliphatic rings. The summed E-state index contributed by atoms with van der Waals surface area (Å²) in [5, 5.41) is 37.1. The molecule has 0 aromatic heterocycles. The lowest BCUT2D eigenvalue weighted by molar-refractivity contribution is -0.128. The van der Waals surface area contributed by atoms with E-state index in [0.717, 1.165) is 4.90 Å². The zero-order valence-corrected chi connectivity index (χ0v) is 12.9. The third kappa shape index (κ3) is 2.79. The van der Waals surface area contributed by atoms with Crippen molar-refractivity contribution in [2.75, 3.05) is 13.2 Å². The number of carbonyl (C=O) groups is 1. The summed E-state index contributed by atoms with van der Waals surface area (Å²) >= 11 is 0. The number of aliphatic hydroxyl groups is 3. The number of rotatable bonds is 5. The summed E-state index contributed by atoms with van der Waals surface area (Å²) in [6, 6.07) is -0.700. The van der Waals surface area contributed by atoms with Crippen LogP contribution in [0.5, 0.6) is 0 Å². The highest BCUT2D eigenvalue weighted by Crippen LogP contribution is 2.37. The molecule has 1 fully saturated rings. The number of nitrogens with zero attached hydrogens (tertiary/aromatic N) is 4. The minimum atomic E-state index is -2.21. The van der Waals surface area contributed by atoms with E-state index in [9.17, 15) is 19.4 Å². The summed E-state index contributed by atoms with van der Waals surface area (Å²) in [6.07, 6.45) is -2.76. The number of aliphatic hydroxyl groups excluding tert-OH is 3. The molecule has 25 heavy (non-hydrogen) atoms. The zero-order chi connectivity index (χ0) is 18.2. The van der Waals surface area contributed by atoms with Gasteiger partial charge in [-0.05, 0) is 11.6 Å². The quantitative estimate of drug-likeness (QED) is 0.245. The second kappa shape index (κ2) is 6.50. The number of nitrogens with one attached hydrogen (secondary N) is 2. The van der Waals surface area contributed by atoms with Crippen LogP contribution in [0.4, 0.5) is 9.18 Å². The van der Waals surface area contributed by atoms with Crippen LogP contribution in [0.1, 0.15) is 6.42 Å². The maximum Gasteiger partial charge on any atom is 0.325 e. The first-order valence-corrected chi connectivity index (χ1v) is 7.51. The third-order valence-electron chi connectivity index (χ3n) is 4.25. The molecule has 3 rings (SSSR count). The molecule has 0 aromatic rings. The lowest BCUT2D eigenvalue weighted by Crippen LogP contribution is -2.56. The SMILES string of the molecule is [N-]=[N+]=N[C@]1(CO)O[C@@H](N2C=C3C=C(CCO)NC3NC2=O)[C@@H](F)[C@@H]1O. The van der Waals surface area contributed by atoms with Crippen LogP contribution in [0.15, 0.2) is 28.7 Å². The standard InChI is InChI=1S/C13H17FN6O5/c14-8-9(23)13(5-22,18-19-15)25-11(8)20-4-6-3-7(1-2-21)16-10(6)17-12(20)24/h3-4,8-11,16,21-23H,1-2,5H2,(H,17,24)/t8-,9-,10?,11+,13+/m0/s1. The largest absolute Gasteiger partial charge is 0.396 e. The number of urea groups is 1. The number of hydrogen-bond donors (Lipinski definition) is 5. The van der Waals surface area contributed by atoms with Gasteiger partial charge in [0.05, 0.1) is 6.61 Å². The van der Waals surface area contributed by atoms with Crippen LogP contribution < -0.4 is 10.6 Å². The fourth-order valence-electron chi connectivity index (χ4n) is 2.98.